The van der Waals surface area contributed by atoms with E-state index in [1.165, 1.54) is 0 Å². The molecule has 0 saturated carbocycles. The number of hydrogen-bond donors (Lipinski definition) is 0. The third kappa shape index (κ3) is 3.51. The van der Waals surface area contributed by atoms with Gasteiger partial charge < -0.3 is 9.47 Å². The highest BCUT2D eigenvalue weighted by Crippen LogP contribution is 2.48. The van der Waals surface area contributed by atoms with Gasteiger partial charge in [-0.15, -0.1) is 0 Å². The predicted molar refractivity (Wildman–Crippen MR) is 120 cm³/mol. The quantitative estimate of drug-likeness (QED) is 0.457. The predicted octanol–water partition coefficient (Wildman–Crippen LogP) is 6.63. The Balaban J connectivity index is 1.54. The summed E-state index contributed by atoms with van der Waals surface area (Å²) in [6.45, 7) is 2.63. The SMILES string of the molecule is CCOc1ccc(C2=NN3[C@@H](c4ccc(Cl)cc4)Oc4ccc(Cl)cc4[C@@H]3C2)cc1. The number of hydrogen-bond acceptors (Lipinski definition) is 4. The fourth-order valence-corrected chi connectivity index (χ4v) is 4.30. The van der Waals surface area contributed by atoms with Crippen LogP contribution in [0.1, 0.15) is 42.3 Å². The summed E-state index contributed by atoms with van der Waals surface area (Å²) in [6.07, 6.45) is 0.440. The number of fused-ring (bicyclic) bond motifs is 3. The van der Waals surface area contributed by atoms with Crippen molar-refractivity contribution in [3.05, 3.63) is 93.5 Å². The molecule has 0 radical (unpaired) electrons. The van der Waals surface area contributed by atoms with E-state index in [1.807, 2.05) is 66.5 Å². The first kappa shape index (κ1) is 19.3. The molecule has 30 heavy (non-hydrogen) atoms. The molecule has 2 aliphatic rings. The van der Waals surface area contributed by atoms with E-state index in [1.54, 1.807) is 0 Å². The lowest BCUT2D eigenvalue weighted by atomic mass is 9.96. The molecule has 4 nitrogen and oxygen atoms in total. The molecule has 2 aliphatic heterocycles. The smallest absolute Gasteiger partial charge is 0.213 e. The Morgan fingerprint density at radius 3 is 2.47 bits per heavy atom. The van der Waals surface area contributed by atoms with Gasteiger partial charge in [-0.25, -0.2) is 5.01 Å². The van der Waals surface area contributed by atoms with E-state index in [-0.39, 0.29) is 12.3 Å². The number of nitrogens with zero attached hydrogens (tertiary/aromatic N) is 2. The molecule has 152 valence electrons. The maximum atomic E-state index is 6.36. The van der Waals surface area contributed by atoms with Gasteiger partial charge in [0.15, 0.2) is 0 Å². The monoisotopic (exact) mass is 438 g/mol. The van der Waals surface area contributed by atoms with Crippen LogP contribution in [0.25, 0.3) is 0 Å². The van der Waals surface area contributed by atoms with Crippen LogP contribution in [0.15, 0.2) is 71.8 Å². The highest BCUT2D eigenvalue weighted by molar-refractivity contribution is 6.30. The molecule has 6 heteroatoms. The van der Waals surface area contributed by atoms with Crippen LogP contribution in [0.4, 0.5) is 0 Å². The minimum atomic E-state index is -0.332. The van der Waals surface area contributed by atoms with Crippen LogP contribution in [-0.2, 0) is 0 Å². The molecule has 2 heterocycles. The first-order valence-corrected chi connectivity index (χ1v) is 10.7. The van der Waals surface area contributed by atoms with E-state index in [4.69, 9.17) is 37.8 Å². The molecule has 0 aliphatic carbocycles. The average Bonchev–Trinajstić information content (AvgIpc) is 3.21. The highest BCUT2D eigenvalue weighted by atomic mass is 35.5. The minimum absolute atomic E-state index is 0.0506. The number of halogens is 2. The Bertz CT molecular complexity index is 1100. The summed E-state index contributed by atoms with van der Waals surface area (Å²) in [5.41, 5.74) is 4.14. The Morgan fingerprint density at radius 2 is 1.73 bits per heavy atom. The molecule has 0 spiro atoms. The van der Waals surface area contributed by atoms with Crippen molar-refractivity contribution in [3.8, 4) is 11.5 Å². The van der Waals surface area contributed by atoms with Crippen LogP contribution in [0.2, 0.25) is 10.0 Å². The second-order valence-corrected chi connectivity index (χ2v) is 8.18. The van der Waals surface area contributed by atoms with Crippen molar-refractivity contribution >= 4 is 28.9 Å². The first-order valence-electron chi connectivity index (χ1n) is 9.93. The second-order valence-electron chi connectivity index (χ2n) is 7.31. The lowest BCUT2D eigenvalue weighted by molar-refractivity contribution is -0.0190. The summed E-state index contributed by atoms with van der Waals surface area (Å²) in [6, 6.07) is 21.6. The van der Waals surface area contributed by atoms with Gasteiger partial charge in [-0.1, -0.05) is 35.3 Å². The van der Waals surface area contributed by atoms with Gasteiger partial charge >= 0.3 is 0 Å². The van der Waals surface area contributed by atoms with Crippen molar-refractivity contribution in [1.82, 2.24) is 5.01 Å². The third-order valence-corrected chi connectivity index (χ3v) is 5.89. The molecule has 0 aromatic heterocycles. The number of ether oxygens (including phenoxy) is 2. The average molecular weight is 439 g/mol. The molecule has 3 aromatic rings. The fourth-order valence-electron chi connectivity index (χ4n) is 3.99. The van der Waals surface area contributed by atoms with E-state index >= 15 is 0 Å². The summed E-state index contributed by atoms with van der Waals surface area (Å²) in [5, 5.41) is 8.39. The molecule has 0 N–H and O–H groups in total. The van der Waals surface area contributed by atoms with E-state index < -0.39 is 0 Å². The lowest BCUT2D eigenvalue weighted by Crippen LogP contribution is -2.33. The van der Waals surface area contributed by atoms with Crippen LogP contribution in [0.3, 0.4) is 0 Å². The zero-order chi connectivity index (χ0) is 20.7. The normalized spacial score (nSPS) is 19.6. The molecule has 0 unspecified atom stereocenters. The van der Waals surface area contributed by atoms with Gasteiger partial charge in [0.1, 0.15) is 11.5 Å². The van der Waals surface area contributed by atoms with E-state index in [2.05, 4.69) is 12.1 Å². The lowest BCUT2D eigenvalue weighted by Gasteiger charge is -2.38. The summed E-state index contributed by atoms with van der Waals surface area (Å²) >= 11 is 12.4. The van der Waals surface area contributed by atoms with Gasteiger partial charge in [-0.05, 0) is 67.1 Å². The van der Waals surface area contributed by atoms with Crippen molar-refractivity contribution in [3.63, 3.8) is 0 Å². The number of benzene rings is 3. The number of hydrazone groups is 1. The maximum absolute atomic E-state index is 6.36. The molecule has 3 aromatic carbocycles. The Hall–Kier alpha value is -2.69. The molecule has 0 amide bonds. The zero-order valence-corrected chi connectivity index (χ0v) is 17.9. The Labute approximate surface area is 185 Å². The summed E-state index contributed by atoms with van der Waals surface area (Å²) in [4.78, 5) is 0. The van der Waals surface area contributed by atoms with Crippen LogP contribution in [0, 0.1) is 0 Å². The zero-order valence-electron chi connectivity index (χ0n) is 16.4. The second kappa shape index (κ2) is 7.86. The third-order valence-electron chi connectivity index (χ3n) is 5.41. The van der Waals surface area contributed by atoms with Crippen LogP contribution in [-0.4, -0.2) is 17.3 Å². The summed E-state index contributed by atoms with van der Waals surface area (Å²) < 4.78 is 11.9. The summed E-state index contributed by atoms with van der Waals surface area (Å²) in [7, 11) is 0. The topological polar surface area (TPSA) is 34.1 Å². The Kier molecular flexibility index (Phi) is 5.05. The van der Waals surface area contributed by atoms with Crippen molar-refractivity contribution < 1.29 is 9.47 Å². The van der Waals surface area contributed by atoms with Crippen molar-refractivity contribution in [1.29, 1.82) is 0 Å². The number of rotatable bonds is 4. The molecular formula is C24H20Cl2N2O2. The van der Waals surface area contributed by atoms with Gasteiger partial charge in [0.05, 0.1) is 18.4 Å². The van der Waals surface area contributed by atoms with Gasteiger partial charge in [0.2, 0.25) is 6.23 Å². The largest absolute Gasteiger partial charge is 0.494 e. The van der Waals surface area contributed by atoms with Crippen molar-refractivity contribution in [2.45, 2.75) is 25.6 Å². The van der Waals surface area contributed by atoms with E-state index in [0.717, 1.165) is 40.3 Å². The molecule has 0 fully saturated rings. The molecule has 2 atom stereocenters. The fraction of sp³-hybridized carbons (Fsp3) is 0.208. The highest BCUT2D eigenvalue weighted by Gasteiger charge is 2.41. The minimum Gasteiger partial charge on any atom is -0.494 e. The Morgan fingerprint density at radius 1 is 1.00 bits per heavy atom. The standard InChI is InChI=1S/C24H20Cl2N2O2/c1-2-29-19-10-5-15(6-11-19)21-14-22-20-13-18(26)9-12-23(20)30-24(28(22)27-21)16-3-7-17(25)8-4-16/h3-13,22,24H,2,14H2,1H3/t22-,24+/m0/s1. The van der Waals surface area contributed by atoms with Gasteiger partial charge in [-0.2, -0.15) is 5.10 Å². The molecule has 5 rings (SSSR count). The van der Waals surface area contributed by atoms with Crippen LogP contribution >= 0.6 is 23.2 Å². The van der Waals surface area contributed by atoms with Gasteiger partial charge in [0, 0.05) is 27.6 Å². The van der Waals surface area contributed by atoms with E-state index in [0.29, 0.717) is 16.7 Å². The van der Waals surface area contributed by atoms with E-state index in [9.17, 15) is 0 Å². The van der Waals surface area contributed by atoms with Crippen LogP contribution < -0.4 is 9.47 Å². The molecule has 0 saturated heterocycles. The summed E-state index contributed by atoms with van der Waals surface area (Å²) in [5.74, 6) is 1.70. The van der Waals surface area contributed by atoms with Gasteiger partial charge in [0.25, 0.3) is 0 Å². The van der Waals surface area contributed by atoms with Crippen LogP contribution in [0.5, 0.6) is 11.5 Å². The van der Waals surface area contributed by atoms with Crippen molar-refractivity contribution in [2.75, 3.05) is 6.61 Å². The maximum Gasteiger partial charge on any atom is 0.213 e. The first-order chi connectivity index (χ1) is 14.6. The van der Waals surface area contributed by atoms with Crippen molar-refractivity contribution in [2.24, 2.45) is 5.10 Å². The molecular weight excluding hydrogens is 419 g/mol. The molecule has 0 bridgehead atoms. The van der Waals surface area contributed by atoms with Gasteiger partial charge in [-0.3, -0.25) is 0 Å².